The minimum atomic E-state index is -2.33. The van der Waals surface area contributed by atoms with Crippen LogP contribution in [0, 0.1) is 6.92 Å². The van der Waals surface area contributed by atoms with Crippen LogP contribution in [-0.4, -0.2) is 58.6 Å². The van der Waals surface area contributed by atoms with Gasteiger partial charge in [0.25, 0.3) is 0 Å². The summed E-state index contributed by atoms with van der Waals surface area (Å²) in [4.78, 5) is 13.3. The van der Waals surface area contributed by atoms with Gasteiger partial charge < -0.3 is 34.9 Å². The molecule has 0 bridgehead atoms. The number of nitrogens with one attached hydrogen (secondary N) is 1. The fraction of sp³-hybridized carbons (Fsp3) is 0.562. The molecule has 1 N–H and O–H groups in total. The summed E-state index contributed by atoms with van der Waals surface area (Å²) in [7, 11) is 0. The van der Waals surface area contributed by atoms with E-state index in [-0.39, 0.29) is 103 Å². The van der Waals surface area contributed by atoms with E-state index in [0.29, 0.717) is 0 Å². The summed E-state index contributed by atoms with van der Waals surface area (Å²) in [5.74, 6) is 0. The average molecular weight is 400 g/mol. The van der Waals surface area contributed by atoms with Crippen molar-refractivity contribution in [2.75, 3.05) is 62.3 Å². The van der Waals surface area contributed by atoms with Gasteiger partial charge in [0.2, 0.25) is 0 Å². The largest absolute Gasteiger partial charge is 1.00 e. The van der Waals surface area contributed by atoms with E-state index >= 15 is 0 Å². The number of rotatable bonds is 2. The van der Waals surface area contributed by atoms with E-state index in [9.17, 15) is 0 Å². The first-order valence-electron chi connectivity index (χ1n) is 7.85. The van der Waals surface area contributed by atoms with Gasteiger partial charge in [0, 0.05) is 39.3 Å². The predicted molar refractivity (Wildman–Crippen MR) is 84.7 cm³/mol. The normalized spacial score (nSPS) is 16.7. The van der Waals surface area contributed by atoms with E-state index in [0.717, 1.165) is 52.5 Å². The first-order valence-corrected chi connectivity index (χ1v) is 7.85. The van der Waals surface area contributed by atoms with Gasteiger partial charge in [-0.2, -0.15) is 0 Å². The molecule has 0 aliphatic carbocycles. The molecule has 7 nitrogen and oxygen atoms in total. The van der Waals surface area contributed by atoms with Crippen molar-refractivity contribution in [3.63, 3.8) is 0 Å². The molecule has 25 heavy (non-hydrogen) atoms. The number of nitrogens with zero attached hydrogens (tertiary/aromatic N) is 2. The smallest absolute Gasteiger partial charge is 0.652 e. The molecule has 9 heteroatoms. The molecule has 0 aromatic heterocycles. The summed E-state index contributed by atoms with van der Waals surface area (Å²) >= 11 is 0. The maximum absolute atomic E-state index is 8.33. The topological polar surface area (TPSA) is 90.9 Å². The van der Waals surface area contributed by atoms with Gasteiger partial charge in [-0.15, -0.1) is 0 Å². The summed E-state index contributed by atoms with van der Waals surface area (Å²) in [5.41, 5.74) is 4.10. The van der Waals surface area contributed by atoms with E-state index in [4.69, 9.17) is 19.7 Å². The van der Waals surface area contributed by atoms with Gasteiger partial charge in [-0.25, -0.2) is 0 Å². The van der Waals surface area contributed by atoms with E-state index in [2.05, 4.69) is 40.2 Å². The van der Waals surface area contributed by atoms with E-state index in [1.165, 1.54) is 16.9 Å². The number of hydrogen-bond donors (Lipinski definition) is 1. The number of benzene rings is 1. The molecule has 0 radical (unpaired) electrons. The minimum Gasteiger partial charge on any atom is -0.652 e. The molecule has 2 heterocycles. The Morgan fingerprint density at radius 3 is 2.08 bits per heavy atom. The molecular formula is C16H23K2N3O4. The summed E-state index contributed by atoms with van der Waals surface area (Å²) in [5, 5.41) is 20.1. The zero-order chi connectivity index (χ0) is 16.7. The Bertz CT molecular complexity index is 518. The van der Waals surface area contributed by atoms with E-state index in [1.54, 1.807) is 0 Å². The van der Waals surface area contributed by atoms with Crippen LogP contribution >= 0.6 is 0 Å². The maximum atomic E-state index is 8.33. The zero-order valence-corrected chi connectivity index (χ0v) is 21.7. The fourth-order valence-electron chi connectivity index (χ4n) is 2.86. The SMILES string of the molecule is Cc1ccc(N2CCNCC2)c(N2CCOCC2)c1.O=C([O-])[O-].[K+].[K+]. The third-order valence-electron chi connectivity index (χ3n) is 3.94. The van der Waals surface area contributed by atoms with Crippen LogP contribution < -0.4 is 128 Å². The molecular weight excluding hydrogens is 376 g/mol. The standard InChI is InChI=1S/C15H23N3O.CH2O3.2K/c1-13-2-3-14(17-6-4-16-5-7-17)15(12-13)18-8-10-19-11-9-18;2-1(3)4;;/h2-3,12,16H,4-11H2,1H3;(H2,2,3,4);;/q;;2*+1/p-2. The summed E-state index contributed by atoms with van der Waals surface area (Å²) < 4.78 is 5.47. The number of aryl methyl sites for hydroxylation is 1. The van der Waals surface area contributed by atoms with Crippen molar-refractivity contribution in [1.82, 2.24) is 5.32 Å². The second-order valence-electron chi connectivity index (χ2n) is 5.58. The number of carbonyl (C=O) groups is 1. The number of morpholine rings is 1. The molecule has 0 atom stereocenters. The summed E-state index contributed by atoms with van der Waals surface area (Å²) in [6.45, 7) is 10.2. The molecule has 128 valence electrons. The van der Waals surface area contributed by atoms with Gasteiger partial charge >= 0.3 is 103 Å². The molecule has 1 aromatic rings. The Labute approximate surface area is 234 Å². The summed E-state index contributed by atoms with van der Waals surface area (Å²) in [6.07, 6.45) is -2.33. The summed E-state index contributed by atoms with van der Waals surface area (Å²) in [6, 6.07) is 6.83. The van der Waals surface area contributed by atoms with Crippen molar-refractivity contribution in [3.8, 4) is 0 Å². The van der Waals surface area contributed by atoms with Gasteiger partial charge in [-0.05, 0) is 30.8 Å². The first kappa shape index (κ1) is 26.3. The first-order chi connectivity index (χ1) is 11.1. The second-order valence-corrected chi connectivity index (χ2v) is 5.58. The van der Waals surface area contributed by atoms with E-state index < -0.39 is 6.16 Å². The van der Waals surface area contributed by atoms with E-state index in [1.807, 2.05) is 0 Å². The molecule has 0 unspecified atom stereocenters. The molecule has 2 aliphatic heterocycles. The Balaban J connectivity index is 0.000000874. The maximum Gasteiger partial charge on any atom is 1.00 e. The van der Waals surface area contributed by atoms with Gasteiger partial charge in [-0.3, -0.25) is 0 Å². The predicted octanol–water partition coefficient (Wildman–Crippen LogP) is -7.20. The third-order valence-corrected chi connectivity index (χ3v) is 3.94. The molecule has 0 saturated carbocycles. The van der Waals surface area contributed by atoms with Crippen LogP contribution in [-0.2, 0) is 4.74 Å². The monoisotopic (exact) mass is 399 g/mol. The Kier molecular flexibility index (Phi) is 15.0. The number of carbonyl (C=O) groups excluding carboxylic acids is 1. The van der Waals surface area contributed by atoms with Crippen LogP contribution in [0.2, 0.25) is 0 Å². The molecule has 3 rings (SSSR count). The van der Waals surface area contributed by atoms with Crippen LogP contribution in [0.4, 0.5) is 16.2 Å². The van der Waals surface area contributed by atoms with Crippen molar-refractivity contribution in [2.24, 2.45) is 0 Å². The number of piperazine rings is 1. The van der Waals surface area contributed by atoms with Crippen LogP contribution in [0.5, 0.6) is 0 Å². The molecule has 2 aliphatic rings. The van der Waals surface area contributed by atoms with Crippen molar-refractivity contribution in [1.29, 1.82) is 0 Å². The Hall–Kier alpha value is 1.28. The molecule has 1 aromatic carbocycles. The van der Waals surface area contributed by atoms with Gasteiger partial charge in [0.05, 0.1) is 24.6 Å². The number of anilines is 2. The minimum absolute atomic E-state index is 0. The van der Waals surface area contributed by atoms with Gasteiger partial charge in [0.1, 0.15) is 0 Å². The molecule has 2 fully saturated rings. The molecule has 2 saturated heterocycles. The van der Waals surface area contributed by atoms with Crippen molar-refractivity contribution in [2.45, 2.75) is 6.92 Å². The third kappa shape index (κ3) is 9.35. The fourth-order valence-corrected chi connectivity index (χ4v) is 2.86. The van der Waals surface area contributed by atoms with Crippen molar-refractivity contribution in [3.05, 3.63) is 23.8 Å². The molecule has 0 spiro atoms. The number of carboxylic acid groups (broad SMARTS) is 2. The zero-order valence-electron chi connectivity index (χ0n) is 15.4. The van der Waals surface area contributed by atoms with Gasteiger partial charge in [-0.1, -0.05) is 6.07 Å². The second kappa shape index (κ2) is 14.3. The van der Waals surface area contributed by atoms with Crippen molar-refractivity contribution < 1.29 is 123 Å². The van der Waals surface area contributed by atoms with Crippen LogP contribution in [0.1, 0.15) is 5.56 Å². The van der Waals surface area contributed by atoms with Crippen LogP contribution in [0.15, 0.2) is 18.2 Å². The van der Waals surface area contributed by atoms with Crippen molar-refractivity contribution >= 4 is 17.5 Å². The van der Waals surface area contributed by atoms with Crippen LogP contribution in [0.25, 0.3) is 0 Å². The van der Waals surface area contributed by atoms with Crippen LogP contribution in [0.3, 0.4) is 0 Å². The Morgan fingerprint density at radius 1 is 1.00 bits per heavy atom. The molecule has 0 amide bonds. The number of hydrogen-bond acceptors (Lipinski definition) is 7. The average Bonchev–Trinajstić information content (AvgIpc) is 2.56. The number of ether oxygens (including phenoxy) is 1. The Morgan fingerprint density at radius 2 is 1.52 bits per heavy atom. The van der Waals surface area contributed by atoms with Gasteiger partial charge in [0.15, 0.2) is 0 Å². The quantitative estimate of drug-likeness (QED) is 0.494.